The van der Waals surface area contributed by atoms with Crippen LogP contribution in [-0.2, 0) is 6.18 Å². The van der Waals surface area contributed by atoms with Gasteiger partial charge in [-0.2, -0.15) is 13.2 Å². The Bertz CT molecular complexity index is 1410. The number of aromatic nitrogens is 4. The zero-order valence-corrected chi connectivity index (χ0v) is 20.2. The molecule has 0 radical (unpaired) electrons. The Hall–Kier alpha value is -3.28. The minimum absolute atomic E-state index is 0.0200. The van der Waals surface area contributed by atoms with Gasteiger partial charge in [-0.3, -0.25) is 4.90 Å². The lowest BCUT2D eigenvalue weighted by molar-refractivity contribution is -0.137. The van der Waals surface area contributed by atoms with E-state index in [4.69, 9.17) is 11.6 Å². The van der Waals surface area contributed by atoms with Crippen LogP contribution in [0.5, 0.6) is 0 Å². The van der Waals surface area contributed by atoms with Gasteiger partial charge in [0.25, 0.3) is 0 Å². The molecule has 0 spiro atoms. The topological polar surface area (TPSA) is 90.0 Å². The molecule has 0 amide bonds. The van der Waals surface area contributed by atoms with E-state index in [0.717, 1.165) is 31.2 Å². The number of nitrogens with zero attached hydrogens (tertiary/aromatic N) is 4. The van der Waals surface area contributed by atoms with Crippen LogP contribution in [0.25, 0.3) is 22.4 Å². The molecule has 1 aliphatic heterocycles. The highest BCUT2D eigenvalue weighted by Crippen LogP contribution is 2.33. The van der Waals surface area contributed by atoms with Gasteiger partial charge in [-0.1, -0.05) is 30.2 Å². The Labute approximate surface area is 214 Å². The number of piperidine rings is 1. The normalized spacial score (nSPS) is 17.7. The molecular weight excluding hydrogens is 512 g/mol. The van der Waals surface area contributed by atoms with Gasteiger partial charge in [0.15, 0.2) is 17.5 Å². The average Bonchev–Trinajstić information content (AvgIpc) is 3.30. The minimum atomic E-state index is -4.51. The second kappa shape index (κ2) is 10.2. The van der Waals surface area contributed by atoms with Crippen molar-refractivity contribution in [2.45, 2.75) is 37.7 Å². The number of fused-ring (bicyclic) bond motifs is 1. The summed E-state index contributed by atoms with van der Waals surface area (Å²) in [6.07, 6.45) is 0.837. The SMILES string of the molecule is OC(c1cccc(C(F)(F)F)c1)N1CCCC[C@@H]1CNc1nc(-c2c[nH]c3ncc(Cl)cc23)ncc1F. The Morgan fingerprint density at radius 2 is 2.03 bits per heavy atom. The van der Waals surface area contributed by atoms with Crippen molar-refractivity contribution in [1.29, 1.82) is 0 Å². The van der Waals surface area contributed by atoms with E-state index in [-0.39, 0.29) is 29.8 Å². The smallest absolute Gasteiger partial charge is 0.374 e. The number of benzene rings is 1. The lowest BCUT2D eigenvalue weighted by Gasteiger charge is -2.39. The maximum Gasteiger partial charge on any atom is 0.416 e. The zero-order valence-electron chi connectivity index (χ0n) is 19.4. The summed E-state index contributed by atoms with van der Waals surface area (Å²) in [5, 5.41) is 15.1. The fraction of sp³-hybridized carbons (Fsp3) is 0.320. The molecule has 1 unspecified atom stereocenters. The van der Waals surface area contributed by atoms with Crippen molar-refractivity contribution in [3.05, 3.63) is 70.9 Å². The Morgan fingerprint density at radius 3 is 2.84 bits per heavy atom. The van der Waals surface area contributed by atoms with Crippen molar-refractivity contribution in [3.63, 3.8) is 0 Å². The summed E-state index contributed by atoms with van der Waals surface area (Å²) in [5.41, 5.74) is 0.527. The van der Waals surface area contributed by atoms with Crippen molar-refractivity contribution < 1.29 is 22.7 Å². The number of aliphatic hydroxyl groups excluding tert-OH is 1. The fourth-order valence-corrected chi connectivity index (χ4v) is 4.79. The number of hydrogen-bond acceptors (Lipinski definition) is 6. The number of aliphatic hydroxyl groups is 1. The maximum atomic E-state index is 14.6. The average molecular weight is 535 g/mol. The predicted molar refractivity (Wildman–Crippen MR) is 131 cm³/mol. The number of aromatic amines is 1. The monoisotopic (exact) mass is 534 g/mol. The molecule has 3 aromatic heterocycles. The number of anilines is 1. The number of alkyl halides is 3. The molecule has 3 N–H and O–H groups in total. The number of H-pyrrole nitrogens is 1. The van der Waals surface area contributed by atoms with E-state index in [2.05, 4.69) is 25.3 Å². The molecule has 37 heavy (non-hydrogen) atoms. The summed E-state index contributed by atoms with van der Waals surface area (Å²) in [5.74, 6) is -0.405. The maximum absolute atomic E-state index is 14.6. The second-order valence-electron chi connectivity index (χ2n) is 8.91. The molecule has 2 atom stereocenters. The molecule has 0 bridgehead atoms. The van der Waals surface area contributed by atoms with Crippen molar-refractivity contribution in [1.82, 2.24) is 24.8 Å². The van der Waals surface area contributed by atoms with E-state index in [1.54, 1.807) is 17.2 Å². The summed E-state index contributed by atoms with van der Waals surface area (Å²) in [4.78, 5) is 17.4. The van der Waals surface area contributed by atoms with E-state index >= 15 is 0 Å². The van der Waals surface area contributed by atoms with Crippen LogP contribution in [-0.4, -0.2) is 49.1 Å². The van der Waals surface area contributed by atoms with Gasteiger partial charge in [0.2, 0.25) is 0 Å². The van der Waals surface area contributed by atoms with Crippen LogP contribution in [0.4, 0.5) is 23.4 Å². The molecule has 1 fully saturated rings. The van der Waals surface area contributed by atoms with E-state index in [9.17, 15) is 22.7 Å². The molecule has 4 heterocycles. The molecule has 0 aliphatic carbocycles. The summed E-state index contributed by atoms with van der Waals surface area (Å²) in [6, 6.07) is 6.14. The van der Waals surface area contributed by atoms with Crippen LogP contribution in [0, 0.1) is 5.82 Å². The van der Waals surface area contributed by atoms with E-state index in [1.165, 1.54) is 18.3 Å². The van der Waals surface area contributed by atoms with Crippen LogP contribution >= 0.6 is 11.6 Å². The molecule has 1 saturated heterocycles. The van der Waals surface area contributed by atoms with Gasteiger partial charge < -0.3 is 15.4 Å². The second-order valence-corrected chi connectivity index (χ2v) is 9.34. The van der Waals surface area contributed by atoms with E-state index in [0.29, 0.717) is 34.6 Å². The van der Waals surface area contributed by atoms with Gasteiger partial charge in [-0.05, 0) is 36.6 Å². The van der Waals surface area contributed by atoms with Gasteiger partial charge in [-0.25, -0.2) is 19.3 Å². The largest absolute Gasteiger partial charge is 0.416 e. The van der Waals surface area contributed by atoms with Gasteiger partial charge in [-0.15, -0.1) is 0 Å². The number of nitrogens with one attached hydrogen (secondary N) is 2. The van der Waals surface area contributed by atoms with Crippen LogP contribution in [0.2, 0.25) is 5.02 Å². The first-order chi connectivity index (χ1) is 17.7. The van der Waals surface area contributed by atoms with Gasteiger partial charge in [0.1, 0.15) is 11.9 Å². The third-order valence-electron chi connectivity index (χ3n) is 6.49. The summed E-state index contributed by atoms with van der Waals surface area (Å²) in [7, 11) is 0. The third kappa shape index (κ3) is 5.39. The molecule has 12 heteroatoms. The van der Waals surface area contributed by atoms with Crippen molar-refractivity contribution in [2.24, 2.45) is 0 Å². The van der Waals surface area contributed by atoms with Gasteiger partial charge >= 0.3 is 6.18 Å². The summed E-state index contributed by atoms with van der Waals surface area (Å²) >= 11 is 6.07. The first-order valence-electron chi connectivity index (χ1n) is 11.7. The molecule has 1 aliphatic rings. The lowest BCUT2D eigenvalue weighted by Crippen LogP contribution is -2.45. The van der Waals surface area contributed by atoms with Crippen molar-refractivity contribution in [2.75, 3.05) is 18.4 Å². The Balaban J connectivity index is 1.35. The summed E-state index contributed by atoms with van der Waals surface area (Å²) < 4.78 is 54.1. The highest BCUT2D eigenvalue weighted by molar-refractivity contribution is 6.31. The van der Waals surface area contributed by atoms with Crippen LogP contribution in [0.3, 0.4) is 0 Å². The predicted octanol–water partition coefficient (Wildman–Crippen LogP) is 5.79. The molecular formula is C25H23ClF4N6O. The van der Waals surface area contributed by atoms with E-state index in [1.807, 2.05) is 0 Å². The van der Waals surface area contributed by atoms with Crippen LogP contribution < -0.4 is 5.32 Å². The Kier molecular flexibility index (Phi) is 7.02. The zero-order chi connectivity index (χ0) is 26.2. The molecule has 0 saturated carbocycles. The van der Waals surface area contributed by atoms with Crippen LogP contribution in [0.1, 0.15) is 36.6 Å². The summed E-state index contributed by atoms with van der Waals surface area (Å²) in [6.45, 7) is 0.717. The first kappa shape index (κ1) is 25.4. The molecule has 7 nitrogen and oxygen atoms in total. The minimum Gasteiger partial charge on any atom is -0.374 e. The van der Waals surface area contributed by atoms with Gasteiger partial charge in [0, 0.05) is 42.5 Å². The number of hydrogen-bond donors (Lipinski definition) is 3. The highest BCUT2D eigenvalue weighted by atomic mass is 35.5. The number of rotatable bonds is 6. The number of halogens is 5. The number of likely N-dealkylation sites (tertiary alicyclic amines) is 1. The quantitative estimate of drug-likeness (QED) is 0.271. The highest BCUT2D eigenvalue weighted by Gasteiger charge is 2.33. The lowest BCUT2D eigenvalue weighted by atomic mass is 9.99. The molecule has 4 aromatic rings. The first-order valence-corrected chi connectivity index (χ1v) is 12.1. The van der Waals surface area contributed by atoms with Crippen LogP contribution in [0.15, 0.2) is 48.9 Å². The molecule has 5 rings (SSSR count). The van der Waals surface area contributed by atoms with E-state index < -0.39 is 23.8 Å². The van der Waals surface area contributed by atoms with Gasteiger partial charge in [0.05, 0.1) is 16.8 Å². The molecule has 1 aromatic carbocycles. The Morgan fingerprint density at radius 1 is 1.19 bits per heavy atom. The molecule has 194 valence electrons. The number of pyridine rings is 1. The fourth-order valence-electron chi connectivity index (χ4n) is 4.63. The standard InChI is InChI=1S/C25H23ClF4N6O/c26-16-9-18-19(12-33-21(18)31-10-16)22-34-13-20(27)23(35-22)32-11-17-6-1-2-7-36(17)24(37)14-4-3-5-15(8-14)25(28,29)30/h3-5,8-10,12-13,17,24,37H,1-2,6-7,11H2,(H,31,33)(H,32,34,35)/t17-,24?/m1/s1. The van der Waals surface area contributed by atoms with Crippen molar-refractivity contribution in [3.8, 4) is 11.4 Å². The third-order valence-corrected chi connectivity index (χ3v) is 6.69. The van der Waals surface area contributed by atoms with Crippen molar-refractivity contribution >= 4 is 28.5 Å².